The van der Waals surface area contributed by atoms with Crippen LogP contribution >= 0.6 is 27.5 Å². The van der Waals surface area contributed by atoms with Crippen LogP contribution in [0, 0.1) is 18.6 Å². The highest BCUT2D eigenvalue weighted by Crippen LogP contribution is 2.31. The summed E-state index contributed by atoms with van der Waals surface area (Å²) in [6.45, 7) is 4.07. The van der Waals surface area contributed by atoms with E-state index in [2.05, 4.69) is 21.2 Å². The normalized spacial score (nSPS) is 12.5. The maximum Gasteiger partial charge on any atom is 0.128 e. The summed E-state index contributed by atoms with van der Waals surface area (Å²) in [6.07, 6.45) is 0. The zero-order valence-corrected chi connectivity index (χ0v) is 14.0. The van der Waals surface area contributed by atoms with Crippen LogP contribution in [-0.2, 0) is 0 Å². The molecule has 21 heavy (non-hydrogen) atoms. The van der Waals surface area contributed by atoms with Crippen molar-refractivity contribution < 1.29 is 8.78 Å². The lowest BCUT2D eigenvalue weighted by Crippen LogP contribution is -2.23. The standard InChI is InChI=1S/C16H15BrClF2N/c1-3-21-16(10-4-5-12(17)13(18)7-10)11-8-14(19)9(2)6-15(11)20/h4-8,16,21H,3H2,1-2H3. The molecule has 0 radical (unpaired) electrons. The molecule has 0 bridgehead atoms. The summed E-state index contributed by atoms with van der Waals surface area (Å²) in [5.41, 5.74) is 1.35. The fraction of sp³-hybridized carbons (Fsp3) is 0.250. The highest BCUT2D eigenvalue weighted by molar-refractivity contribution is 9.10. The Balaban J connectivity index is 2.52. The summed E-state index contributed by atoms with van der Waals surface area (Å²) in [5.74, 6) is -0.851. The van der Waals surface area contributed by atoms with Crippen LogP contribution in [-0.4, -0.2) is 6.54 Å². The van der Waals surface area contributed by atoms with Crippen LogP contribution < -0.4 is 5.32 Å². The van der Waals surface area contributed by atoms with E-state index in [0.29, 0.717) is 17.1 Å². The largest absolute Gasteiger partial charge is 0.306 e. The molecule has 112 valence electrons. The lowest BCUT2D eigenvalue weighted by atomic mass is 9.97. The molecule has 2 rings (SSSR count). The second kappa shape index (κ2) is 6.86. The molecule has 1 nitrogen and oxygen atoms in total. The maximum atomic E-state index is 14.2. The highest BCUT2D eigenvalue weighted by atomic mass is 79.9. The van der Waals surface area contributed by atoms with Crippen molar-refractivity contribution >= 4 is 27.5 Å². The van der Waals surface area contributed by atoms with Gasteiger partial charge in [0.2, 0.25) is 0 Å². The summed E-state index contributed by atoms with van der Waals surface area (Å²) in [6, 6.07) is 7.39. The van der Waals surface area contributed by atoms with Crippen molar-refractivity contribution in [3.8, 4) is 0 Å². The third-order valence-electron chi connectivity index (χ3n) is 3.27. The van der Waals surface area contributed by atoms with Crippen molar-refractivity contribution in [1.29, 1.82) is 0 Å². The van der Waals surface area contributed by atoms with E-state index in [4.69, 9.17) is 11.6 Å². The van der Waals surface area contributed by atoms with Gasteiger partial charge in [-0.1, -0.05) is 24.6 Å². The van der Waals surface area contributed by atoms with Gasteiger partial charge in [0.05, 0.1) is 11.1 Å². The van der Waals surface area contributed by atoms with Gasteiger partial charge in [0.25, 0.3) is 0 Å². The van der Waals surface area contributed by atoms with Crippen molar-refractivity contribution in [1.82, 2.24) is 5.32 Å². The minimum atomic E-state index is -0.448. The number of nitrogens with one attached hydrogen (secondary N) is 1. The van der Waals surface area contributed by atoms with Gasteiger partial charge in [-0.25, -0.2) is 8.78 Å². The highest BCUT2D eigenvalue weighted by Gasteiger charge is 2.19. The molecule has 2 aromatic rings. The van der Waals surface area contributed by atoms with Crippen LogP contribution in [0.3, 0.4) is 0 Å². The van der Waals surface area contributed by atoms with Crippen LogP contribution in [0.2, 0.25) is 5.02 Å². The molecule has 0 heterocycles. The van der Waals surface area contributed by atoms with Crippen LogP contribution in [0.15, 0.2) is 34.8 Å². The molecule has 0 saturated heterocycles. The second-order valence-corrected chi connectivity index (χ2v) is 6.05. The number of hydrogen-bond donors (Lipinski definition) is 1. The van der Waals surface area contributed by atoms with Gasteiger partial charge in [-0.05, 0) is 64.8 Å². The molecule has 0 aromatic heterocycles. The maximum absolute atomic E-state index is 14.2. The number of benzene rings is 2. The van der Waals surface area contributed by atoms with Crippen molar-refractivity contribution in [3.63, 3.8) is 0 Å². The molecule has 0 spiro atoms. The van der Waals surface area contributed by atoms with Gasteiger partial charge < -0.3 is 5.32 Å². The number of halogens is 4. The minimum absolute atomic E-state index is 0.276. The Morgan fingerprint density at radius 2 is 1.90 bits per heavy atom. The zero-order chi connectivity index (χ0) is 15.6. The predicted octanol–water partition coefficient (Wildman–Crippen LogP) is 5.39. The summed E-state index contributed by atoms with van der Waals surface area (Å²) in [5, 5.41) is 3.70. The fourth-order valence-electron chi connectivity index (χ4n) is 2.19. The van der Waals surface area contributed by atoms with Crippen molar-refractivity contribution in [3.05, 3.63) is 68.2 Å². The van der Waals surface area contributed by atoms with E-state index >= 15 is 0 Å². The predicted molar refractivity (Wildman–Crippen MR) is 85.8 cm³/mol. The first-order valence-electron chi connectivity index (χ1n) is 6.58. The van der Waals surface area contributed by atoms with E-state index in [-0.39, 0.29) is 5.56 Å². The van der Waals surface area contributed by atoms with Crippen molar-refractivity contribution in [2.45, 2.75) is 19.9 Å². The second-order valence-electron chi connectivity index (χ2n) is 4.79. The van der Waals surface area contributed by atoms with Crippen LogP contribution in [0.4, 0.5) is 8.78 Å². The van der Waals surface area contributed by atoms with Gasteiger partial charge >= 0.3 is 0 Å². The number of aryl methyl sites for hydroxylation is 1. The molecule has 0 fully saturated rings. The first-order chi connectivity index (χ1) is 9.93. The van der Waals surface area contributed by atoms with E-state index in [1.54, 1.807) is 19.1 Å². The molecule has 0 amide bonds. The molecule has 0 aliphatic rings. The third kappa shape index (κ3) is 3.62. The molecule has 1 unspecified atom stereocenters. The van der Waals surface area contributed by atoms with Crippen molar-refractivity contribution in [2.24, 2.45) is 0 Å². The summed E-state index contributed by atoms with van der Waals surface area (Å²) in [4.78, 5) is 0. The molecule has 1 atom stereocenters. The molecule has 1 N–H and O–H groups in total. The lowest BCUT2D eigenvalue weighted by molar-refractivity contribution is 0.541. The molecule has 5 heteroatoms. The SMILES string of the molecule is CCNC(c1ccc(Br)c(Cl)c1)c1cc(F)c(C)cc1F. The number of hydrogen-bond acceptors (Lipinski definition) is 1. The summed E-state index contributed by atoms with van der Waals surface area (Å²) >= 11 is 9.42. The van der Waals surface area contributed by atoms with Gasteiger partial charge in [0, 0.05) is 10.0 Å². The minimum Gasteiger partial charge on any atom is -0.306 e. The third-order valence-corrected chi connectivity index (χ3v) is 4.51. The van der Waals surface area contributed by atoms with Crippen LogP contribution in [0.5, 0.6) is 0 Å². The lowest BCUT2D eigenvalue weighted by Gasteiger charge is -2.20. The first-order valence-corrected chi connectivity index (χ1v) is 7.75. The average Bonchev–Trinajstić information content (AvgIpc) is 2.44. The molecule has 2 aromatic carbocycles. The molecular weight excluding hydrogens is 360 g/mol. The monoisotopic (exact) mass is 373 g/mol. The Labute approximate surface area is 136 Å². The average molecular weight is 375 g/mol. The smallest absolute Gasteiger partial charge is 0.128 e. The van der Waals surface area contributed by atoms with Gasteiger partial charge in [-0.15, -0.1) is 0 Å². The Morgan fingerprint density at radius 1 is 1.19 bits per heavy atom. The van der Waals surface area contributed by atoms with Crippen LogP contribution in [0.1, 0.15) is 29.7 Å². The first kappa shape index (κ1) is 16.4. The van der Waals surface area contributed by atoms with Gasteiger partial charge in [-0.3, -0.25) is 0 Å². The fourth-order valence-corrected chi connectivity index (χ4v) is 2.62. The zero-order valence-electron chi connectivity index (χ0n) is 11.7. The summed E-state index contributed by atoms with van der Waals surface area (Å²) < 4.78 is 28.8. The van der Waals surface area contributed by atoms with E-state index in [0.717, 1.165) is 10.0 Å². The van der Waals surface area contributed by atoms with Gasteiger partial charge in [0.1, 0.15) is 11.6 Å². The van der Waals surface area contributed by atoms with E-state index < -0.39 is 17.7 Å². The quantitative estimate of drug-likeness (QED) is 0.757. The Morgan fingerprint density at radius 3 is 2.52 bits per heavy atom. The molecular formula is C16H15BrClF2N. The number of rotatable bonds is 4. The molecule has 0 aliphatic heterocycles. The van der Waals surface area contributed by atoms with Crippen molar-refractivity contribution in [2.75, 3.05) is 6.54 Å². The van der Waals surface area contributed by atoms with Crippen LogP contribution in [0.25, 0.3) is 0 Å². The Bertz CT molecular complexity index is 661. The molecule has 0 aliphatic carbocycles. The topological polar surface area (TPSA) is 12.0 Å². The van der Waals surface area contributed by atoms with E-state index in [9.17, 15) is 8.78 Å². The molecule has 0 saturated carbocycles. The Hall–Kier alpha value is -0.970. The van der Waals surface area contributed by atoms with E-state index in [1.807, 2.05) is 13.0 Å². The van der Waals surface area contributed by atoms with Gasteiger partial charge in [-0.2, -0.15) is 0 Å². The Kier molecular flexibility index (Phi) is 5.36. The van der Waals surface area contributed by atoms with E-state index in [1.165, 1.54) is 12.1 Å². The summed E-state index contributed by atoms with van der Waals surface area (Å²) in [7, 11) is 0. The van der Waals surface area contributed by atoms with Gasteiger partial charge in [0.15, 0.2) is 0 Å².